The summed E-state index contributed by atoms with van der Waals surface area (Å²) < 4.78 is 13.8. The zero-order valence-corrected chi connectivity index (χ0v) is 12.5. The SMILES string of the molecule is CCNC(Cc1ccccc1F)c1sc(C)cc1C. The number of aryl methyl sites for hydroxylation is 2. The van der Waals surface area contributed by atoms with Crippen molar-refractivity contribution >= 4 is 11.3 Å². The lowest BCUT2D eigenvalue weighted by Gasteiger charge is -2.18. The molecule has 0 amide bonds. The second-order valence-corrected chi connectivity index (χ2v) is 6.10. The van der Waals surface area contributed by atoms with Crippen LogP contribution >= 0.6 is 11.3 Å². The van der Waals surface area contributed by atoms with Gasteiger partial charge in [-0.15, -0.1) is 11.3 Å². The standard InChI is InChI=1S/C16H20FNS/c1-4-18-15(16-11(2)9-12(3)19-16)10-13-7-5-6-8-14(13)17/h5-9,15,18H,4,10H2,1-3H3. The van der Waals surface area contributed by atoms with Crippen LogP contribution in [0.25, 0.3) is 0 Å². The third-order valence-electron chi connectivity index (χ3n) is 3.23. The van der Waals surface area contributed by atoms with Crippen molar-refractivity contribution in [3.8, 4) is 0 Å². The van der Waals surface area contributed by atoms with Crippen molar-refractivity contribution in [1.82, 2.24) is 5.32 Å². The van der Waals surface area contributed by atoms with Gasteiger partial charge < -0.3 is 5.32 Å². The van der Waals surface area contributed by atoms with E-state index in [2.05, 4.69) is 32.2 Å². The topological polar surface area (TPSA) is 12.0 Å². The molecular weight excluding hydrogens is 257 g/mol. The number of halogens is 1. The molecule has 1 nitrogen and oxygen atoms in total. The first-order valence-electron chi connectivity index (χ1n) is 6.65. The summed E-state index contributed by atoms with van der Waals surface area (Å²) in [5.41, 5.74) is 2.07. The number of benzene rings is 1. The van der Waals surface area contributed by atoms with Crippen LogP contribution in [0.3, 0.4) is 0 Å². The average Bonchev–Trinajstić information content (AvgIpc) is 2.70. The summed E-state index contributed by atoms with van der Waals surface area (Å²) in [7, 11) is 0. The Labute approximate surface area is 118 Å². The third kappa shape index (κ3) is 3.43. The average molecular weight is 277 g/mol. The molecule has 0 bridgehead atoms. The van der Waals surface area contributed by atoms with Crippen molar-refractivity contribution in [3.05, 3.63) is 57.0 Å². The molecule has 0 spiro atoms. The molecule has 19 heavy (non-hydrogen) atoms. The molecule has 0 radical (unpaired) electrons. The summed E-state index contributed by atoms with van der Waals surface area (Å²) in [4.78, 5) is 2.63. The Morgan fingerprint density at radius 2 is 2.00 bits per heavy atom. The molecule has 0 saturated carbocycles. The second kappa shape index (κ2) is 6.31. The Balaban J connectivity index is 2.26. The number of hydrogen-bond donors (Lipinski definition) is 1. The van der Waals surface area contributed by atoms with E-state index in [1.807, 2.05) is 12.1 Å². The summed E-state index contributed by atoms with van der Waals surface area (Å²) >= 11 is 1.80. The minimum atomic E-state index is -0.115. The van der Waals surface area contributed by atoms with Gasteiger partial charge in [0, 0.05) is 15.8 Å². The number of hydrogen-bond acceptors (Lipinski definition) is 2. The van der Waals surface area contributed by atoms with Gasteiger partial charge in [-0.25, -0.2) is 4.39 Å². The van der Waals surface area contributed by atoms with E-state index in [-0.39, 0.29) is 11.9 Å². The summed E-state index contributed by atoms with van der Waals surface area (Å²) in [6, 6.07) is 9.43. The van der Waals surface area contributed by atoms with Crippen LogP contribution in [0.1, 0.15) is 33.8 Å². The molecule has 1 heterocycles. The van der Waals surface area contributed by atoms with Gasteiger partial charge in [0.15, 0.2) is 0 Å². The van der Waals surface area contributed by atoms with Gasteiger partial charge in [0.25, 0.3) is 0 Å². The van der Waals surface area contributed by atoms with E-state index in [0.29, 0.717) is 6.42 Å². The van der Waals surface area contributed by atoms with Crippen molar-refractivity contribution in [1.29, 1.82) is 0 Å². The van der Waals surface area contributed by atoms with E-state index in [4.69, 9.17) is 0 Å². The number of nitrogens with one attached hydrogen (secondary N) is 1. The van der Waals surface area contributed by atoms with Gasteiger partial charge in [0.05, 0.1) is 0 Å². The molecule has 1 unspecified atom stereocenters. The molecule has 1 atom stereocenters. The van der Waals surface area contributed by atoms with Crippen LogP contribution in [0.5, 0.6) is 0 Å². The molecule has 1 aromatic carbocycles. The smallest absolute Gasteiger partial charge is 0.126 e. The van der Waals surface area contributed by atoms with Crippen LogP contribution in [-0.4, -0.2) is 6.54 Å². The van der Waals surface area contributed by atoms with E-state index < -0.39 is 0 Å². The molecule has 2 rings (SSSR count). The quantitative estimate of drug-likeness (QED) is 0.854. The fourth-order valence-corrected chi connectivity index (χ4v) is 3.50. The predicted molar refractivity (Wildman–Crippen MR) is 80.3 cm³/mol. The van der Waals surface area contributed by atoms with Crippen LogP contribution in [0.4, 0.5) is 4.39 Å². The van der Waals surface area contributed by atoms with E-state index >= 15 is 0 Å². The number of rotatable bonds is 5. The Hall–Kier alpha value is -1.19. The second-order valence-electron chi connectivity index (χ2n) is 4.81. The van der Waals surface area contributed by atoms with E-state index in [1.165, 1.54) is 21.4 Å². The Morgan fingerprint density at radius 3 is 2.58 bits per heavy atom. The Morgan fingerprint density at radius 1 is 1.26 bits per heavy atom. The maximum atomic E-state index is 13.8. The zero-order valence-electron chi connectivity index (χ0n) is 11.7. The molecule has 0 saturated heterocycles. The molecule has 0 aliphatic rings. The lowest BCUT2D eigenvalue weighted by molar-refractivity contribution is 0.532. The molecule has 1 N–H and O–H groups in total. The highest BCUT2D eigenvalue weighted by atomic mass is 32.1. The van der Waals surface area contributed by atoms with Crippen molar-refractivity contribution in [2.75, 3.05) is 6.54 Å². The number of likely N-dealkylation sites (N-methyl/N-ethyl adjacent to an activating group) is 1. The zero-order chi connectivity index (χ0) is 13.8. The fourth-order valence-electron chi connectivity index (χ4n) is 2.39. The summed E-state index contributed by atoms with van der Waals surface area (Å²) in [5.74, 6) is -0.115. The van der Waals surface area contributed by atoms with Gasteiger partial charge in [0.2, 0.25) is 0 Å². The minimum absolute atomic E-state index is 0.115. The molecular formula is C16H20FNS. The van der Waals surface area contributed by atoms with Gasteiger partial charge >= 0.3 is 0 Å². The third-order valence-corrected chi connectivity index (χ3v) is 4.49. The molecule has 2 aromatic rings. The fraction of sp³-hybridized carbons (Fsp3) is 0.375. The van der Waals surface area contributed by atoms with Crippen LogP contribution in [0.2, 0.25) is 0 Å². The maximum absolute atomic E-state index is 13.8. The molecule has 0 aliphatic heterocycles. The van der Waals surface area contributed by atoms with Gasteiger partial charge in [-0.1, -0.05) is 25.1 Å². The Bertz CT molecular complexity index is 547. The minimum Gasteiger partial charge on any atom is -0.309 e. The molecule has 0 aliphatic carbocycles. The highest BCUT2D eigenvalue weighted by Gasteiger charge is 2.17. The van der Waals surface area contributed by atoms with Crippen molar-refractivity contribution in [2.24, 2.45) is 0 Å². The largest absolute Gasteiger partial charge is 0.309 e. The lowest BCUT2D eigenvalue weighted by Crippen LogP contribution is -2.23. The van der Waals surface area contributed by atoms with E-state index in [0.717, 1.165) is 12.1 Å². The first-order valence-corrected chi connectivity index (χ1v) is 7.47. The highest BCUT2D eigenvalue weighted by molar-refractivity contribution is 7.12. The van der Waals surface area contributed by atoms with Crippen LogP contribution in [-0.2, 0) is 6.42 Å². The van der Waals surface area contributed by atoms with E-state index in [1.54, 1.807) is 17.4 Å². The molecule has 0 fully saturated rings. The monoisotopic (exact) mass is 277 g/mol. The lowest BCUT2D eigenvalue weighted by atomic mass is 10.0. The van der Waals surface area contributed by atoms with Gasteiger partial charge in [-0.3, -0.25) is 0 Å². The first kappa shape index (κ1) is 14.2. The van der Waals surface area contributed by atoms with Crippen LogP contribution in [0, 0.1) is 19.7 Å². The van der Waals surface area contributed by atoms with E-state index in [9.17, 15) is 4.39 Å². The molecule has 102 valence electrons. The number of thiophene rings is 1. The maximum Gasteiger partial charge on any atom is 0.126 e. The molecule has 1 aromatic heterocycles. The van der Waals surface area contributed by atoms with Crippen molar-refractivity contribution < 1.29 is 4.39 Å². The predicted octanol–water partition coefficient (Wildman–Crippen LogP) is 4.40. The van der Waals surface area contributed by atoms with Gasteiger partial charge in [-0.05, 0) is 50.1 Å². The van der Waals surface area contributed by atoms with Crippen molar-refractivity contribution in [3.63, 3.8) is 0 Å². The van der Waals surface area contributed by atoms with Crippen LogP contribution < -0.4 is 5.32 Å². The van der Waals surface area contributed by atoms with Gasteiger partial charge in [-0.2, -0.15) is 0 Å². The summed E-state index contributed by atoms with van der Waals surface area (Å²) in [6.07, 6.45) is 0.696. The Kier molecular flexibility index (Phi) is 4.72. The normalized spacial score (nSPS) is 12.6. The van der Waals surface area contributed by atoms with Gasteiger partial charge in [0.1, 0.15) is 5.82 Å². The van der Waals surface area contributed by atoms with Crippen LogP contribution in [0.15, 0.2) is 30.3 Å². The molecule has 3 heteroatoms. The summed E-state index contributed by atoms with van der Waals surface area (Å²) in [5, 5.41) is 3.47. The summed E-state index contributed by atoms with van der Waals surface area (Å²) in [6.45, 7) is 7.22. The highest BCUT2D eigenvalue weighted by Crippen LogP contribution is 2.30. The first-order chi connectivity index (χ1) is 9.11. The van der Waals surface area contributed by atoms with Crippen molar-refractivity contribution in [2.45, 2.75) is 33.2 Å².